The smallest absolute Gasteiger partial charge is 0.257 e. The van der Waals surface area contributed by atoms with Gasteiger partial charge in [0.05, 0.1) is 16.3 Å². The molecule has 25 heavy (non-hydrogen) atoms. The van der Waals surface area contributed by atoms with E-state index < -0.39 is 10.0 Å². The van der Waals surface area contributed by atoms with Gasteiger partial charge in [-0.05, 0) is 35.9 Å². The van der Waals surface area contributed by atoms with Crippen molar-refractivity contribution in [1.82, 2.24) is 4.72 Å². The molecular formula is C17H16BrClN2O3S. The zero-order valence-electron chi connectivity index (χ0n) is 13.1. The van der Waals surface area contributed by atoms with Gasteiger partial charge >= 0.3 is 0 Å². The zero-order chi connectivity index (χ0) is 18.4. The first kappa shape index (κ1) is 19.7. The van der Waals surface area contributed by atoms with E-state index in [-0.39, 0.29) is 18.2 Å². The van der Waals surface area contributed by atoms with Crippen LogP contribution < -0.4 is 10.0 Å². The topological polar surface area (TPSA) is 75.3 Å². The molecule has 2 N–H and O–H groups in total. The Balaban J connectivity index is 2.05. The van der Waals surface area contributed by atoms with Crippen LogP contribution in [0, 0.1) is 0 Å². The molecule has 132 valence electrons. The van der Waals surface area contributed by atoms with E-state index >= 15 is 0 Å². The first-order chi connectivity index (χ1) is 11.8. The molecule has 0 aromatic heterocycles. The summed E-state index contributed by atoms with van der Waals surface area (Å²) in [6, 6.07) is 11.6. The Kier molecular flexibility index (Phi) is 6.78. The summed E-state index contributed by atoms with van der Waals surface area (Å²) < 4.78 is 26.8. The summed E-state index contributed by atoms with van der Waals surface area (Å²) in [4.78, 5) is 12.3. The highest BCUT2D eigenvalue weighted by Crippen LogP contribution is 2.22. The maximum absolute atomic E-state index is 12.3. The molecule has 0 fully saturated rings. The molecule has 0 radical (unpaired) electrons. The average Bonchev–Trinajstić information content (AvgIpc) is 2.54. The van der Waals surface area contributed by atoms with Gasteiger partial charge in [-0.15, -0.1) is 6.58 Å². The van der Waals surface area contributed by atoms with Gasteiger partial charge in [-0.3, -0.25) is 4.79 Å². The van der Waals surface area contributed by atoms with E-state index in [4.69, 9.17) is 11.6 Å². The lowest BCUT2D eigenvalue weighted by atomic mass is 10.2. The lowest BCUT2D eigenvalue weighted by molar-refractivity contribution is 0.102. The average molecular weight is 444 g/mol. The number of amides is 1. The predicted molar refractivity (Wildman–Crippen MR) is 104 cm³/mol. The minimum atomic E-state index is -3.42. The van der Waals surface area contributed by atoms with Crippen molar-refractivity contribution in [3.63, 3.8) is 0 Å². The van der Waals surface area contributed by atoms with Gasteiger partial charge in [-0.25, -0.2) is 13.1 Å². The highest BCUT2D eigenvalue weighted by molar-refractivity contribution is 9.10. The minimum Gasteiger partial charge on any atom is -0.322 e. The number of halogens is 2. The van der Waals surface area contributed by atoms with E-state index in [9.17, 15) is 13.2 Å². The van der Waals surface area contributed by atoms with Gasteiger partial charge in [-0.2, -0.15) is 0 Å². The minimum absolute atomic E-state index is 0.145. The van der Waals surface area contributed by atoms with Crippen molar-refractivity contribution in [2.45, 2.75) is 5.75 Å². The van der Waals surface area contributed by atoms with Crippen molar-refractivity contribution < 1.29 is 13.2 Å². The molecule has 0 atom stereocenters. The van der Waals surface area contributed by atoms with Crippen LogP contribution in [0.25, 0.3) is 0 Å². The maximum Gasteiger partial charge on any atom is 0.257 e. The fraction of sp³-hybridized carbons (Fsp3) is 0.118. The van der Waals surface area contributed by atoms with Gasteiger partial charge < -0.3 is 5.32 Å². The summed E-state index contributed by atoms with van der Waals surface area (Å²) in [6.07, 6.45) is 1.48. The maximum atomic E-state index is 12.3. The first-order valence-electron chi connectivity index (χ1n) is 7.24. The largest absolute Gasteiger partial charge is 0.322 e. The molecule has 0 bridgehead atoms. The Labute approximate surface area is 160 Å². The molecule has 0 aliphatic rings. The number of benzene rings is 2. The second-order valence-corrected chi connectivity index (χ2v) is 8.30. The number of carbonyl (C=O) groups excluding carboxylic acids is 1. The number of rotatable bonds is 7. The highest BCUT2D eigenvalue weighted by Gasteiger charge is 2.12. The fourth-order valence-corrected chi connectivity index (χ4v) is 3.88. The highest BCUT2D eigenvalue weighted by atomic mass is 79.9. The van der Waals surface area contributed by atoms with Crippen LogP contribution in [0.4, 0.5) is 5.69 Å². The Morgan fingerprint density at radius 2 is 1.88 bits per heavy atom. The molecule has 2 rings (SSSR count). The van der Waals surface area contributed by atoms with E-state index in [1.807, 2.05) is 0 Å². The monoisotopic (exact) mass is 442 g/mol. The third-order valence-corrected chi connectivity index (χ3v) is 5.32. The van der Waals surface area contributed by atoms with E-state index in [2.05, 4.69) is 32.5 Å². The van der Waals surface area contributed by atoms with E-state index in [1.54, 1.807) is 42.5 Å². The Morgan fingerprint density at radius 1 is 1.20 bits per heavy atom. The van der Waals surface area contributed by atoms with Crippen LogP contribution in [0.3, 0.4) is 0 Å². The van der Waals surface area contributed by atoms with Gasteiger partial charge in [-0.1, -0.05) is 45.7 Å². The zero-order valence-corrected chi connectivity index (χ0v) is 16.3. The second kappa shape index (κ2) is 8.62. The van der Waals surface area contributed by atoms with Crippen molar-refractivity contribution in [3.05, 3.63) is 75.7 Å². The molecule has 2 aromatic rings. The van der Waals surface area contributed by atoms with Crippen molar-refractivity contribution in [3.8, 4) is 0 Å². The Hall–Kier alpha value is -1.67. The van der Waals surface area contributed by atoms with Crippen molar-refractivity contribution >= 4 is 49.1 Å². The summed E-state index contributed by atoms with van der Waals surface area (Å²) in [7, 11) is -3.42. The number of nitrogens with one attached hydrogen (secondary N) is 2. The lowest BCUT2D eigenvalue weighted by Gasteiger charge is -2.09. The second-order valence-electron chi connectivity index (χ2n) is 5.17. The first-order valence-corrected chi connectivity index (χ1v) is 10.1. The standard InChI is InChI=1S/C17H16BrClN2O3S/c1-2-9-20-25(23,24)11-12-3-6-14(7-4-12)21-17(22)15-8-5-13(18)10-16(15)19/h2-8,10,20H,1,9,11H2,(H,21,22). The fourth-order valence-electron chi connectivity index (χ4n) is 2.01. The van der Waals surface area contributed by atoms with Gasteiger partial charge in [0.2, 0.25) is 10.0 Å². The molecular weight excluding hydrogens is 428 g/mol. The summed E-state index contributed by atoms with van der Waals surface area (Å²) >= 11 is 9.34. The SMILES string of the molecule is C=CCNS(=O)(=O)Cc1ccc(NC(=O)c2ccc(Br)cc2Cl)cc1. The summed E-state index contributed by atoms with van der Waals surface area (Å²) in [5.41, 5.74) is 1.51. The number of sulfonamides is 1. The molecule has 0 saturated heterocycles. The van der Waals surface area contributed by atoms with Crippen LogP contribution in [0.5, 0.6) is 0 Å². The van der Waals surface area contributed by atoms with Crippen LogP contribution in [-0.4, -0.2) is 20.9 Å². The summed E-state index contributed by atoms with van der Waals surface area (Å²) in [5, 5.41) is 3.06. The lowest BCUT2D eigenvalue weighted by Crippen LogP contribution is -2.25. The Morgan fingerprint density at radius 3 is 2.48 bits per heavy atom. The third kappa shape index (κ3) is 5.97. The number of hydrogen-bond acceptors (Lipinski definition) is 3. The number of hydrogen-bond donors (Lipinski definition) is 2. The van der Waals surface area contributed by atoms with E-state index in [1.165, 1.54) is 6.08 Å². The van der Waals surface area contributed by atoms with Gasteiger partial charge in [0.25, 0.3) is 5.91 Å². The molecule has 8 heteroatoms. The van der Waals surface area contributed by atoms with Crippen LogP contribution in [-0.2, 0) is 15.8 Å². The quantitative estimate of drug-likeness (QED) is 0.636. The summed E-state index contributed by atoms with van der Waals surface area (Å²) in [6.45, 7) is 3.65. The molecule has 1 amide bonds. The van der Waals surface area contributed by atoms with Gasteiger partial charge in [0.1, 0.15) is 0 Å². The van der Waals surface area contributed by atoms with Gasteiger partial charge in [0.15, 0.2) is 0 Å². The molecule has 0 saturated carbocycles. The predicted octanol–water partition coefficient (Wildman–Crippen LogP) is 3.96. The molecule has 0 aliphatic carbocycles. The molecule has 5 nitrogen and oxygen atoms in total. The number of carbonyl (C=O) groups is 1. The molecule has 0 spiro atoms. The van der Waals surface area contributed by atoms with Crippen LogP contribution in [0.15, 0.2) is 59.6 Å². The van der Waals surface area contributed by atoms with E-state index in [0.717, 1.165) is 4.47 Å². The van der Waals surface area contributed by atoms with Gasteiger partial charge in [0, 0.05) is 16.7 Å². The van der Waals surface area contributed by atoms with Crippen LogP contribution in [0.2, 0.25) is 5.02 Å². The normalized spacial score (nSPS) is 11.1. The van der Waals surface area contributed by atoms with Crippen molar-refractivity contribution in [2.24, 2.45) is 0 Å². The molecule has 0 unspecified atom stereocenters. The van der Waals surface area contributed by atoms with Crippen molar-refractivity contribution in [2.75, 3.05) is 11.9 Å². The number of anilines is 1. The Bertz CT molecular complexity index is 883. The van der Waals surface area contributed by atoms with E-state index in [0.29, 0.717) is 21.8 Å². The molecule has 0 heterocycles. The molecule has 0 aliphatic heterocycles. The summed E-state index contributed by atoms with van der Waals surface area (Å²) in [5.74, 6) is -0.487. The van der Waals surface area contributed by atoms with Crippen LogP contribution >= 0.6 is 27.5 Å². The van der Waals surface area contributed by atoms with Crippen molar-refractivity contribution in [1.29, 1.82) is 0 Å². The molecule has 2 aromatic carbocycles. The third-order valence-electron chi connectivity index (χ3n) is 3.19. The van der Waals surface area contributed by atoms with Crippen LogP contribution in [0.1, 0.15) is 15.9 Å².